The fourth-order valence-corrected chi connectivity index (χ4v) is 1.16. The predicted octanol–water partition coefficient (Wildman–Crippen LogP) is 1.88. The van der Waals surface area contributed by atoms with E-state index in [1.165, 1.54) is 13.2 Å². The minimum absolute atomic E-state index is 0.180. The van der Waals surface area contributed by atoms with E-state index in [1.807, 2.05) is 0 Å². The van der Waals surface area contributed by atoms with Gasteiger partial charge in [-0.2, -0.15) is 0 Å². The minimum Gasteiger partial charge on any atom is -0.426 e. The van der Waals surface area contributed by atoms with Crippen LogP contribution in [0.5, 0.6) is 5.75 Å². The van der Waals surface area contributed by atoms with Crippen molar-refractivity contribution in [2.24, 2.45) is 0 Å². The normalized spacial score (nSPS) is 10.5. The lowest BCUT2D eigenvalue weighted by Crippen LogP contribution is -2.10. The summed E-state index contributed by atoms with van der Waals surface area (Å²) in [6.07, 6.45) is 2.38. The van der Waals surface area contributed by atoms with Crippen LogP contribution in [0.25, 0.3) is 6.08 Å². The van der Waals surface area contributed by atoms with Crippen molar-refractivity contribution in [1.29, 1.82) is 0 Å². The van der Waals surface area contributed by atoms with Crippen molar-refractivity contribution in [3.8, 4) is 5.75 Å². The molecule has 0 aliphatic carbocycles. The van der Waals surface area contributed by atoms with Gasteiger partial charge in [-0.25, -0.2) is 0 Å². The molecule has 0 atom stereocenters. The fourth-order valence-electron chi connectivity index (χ4n) is 1.16. The highest BCUT2D eigenvalue weighted by atomic mass is 16.6. The van der Waals surface area contributed by atoms with Crippen molar-refractivity contribution in [2.75, 3.05) is 13.7 Å². The van der Waals surface area contributed by atoms with E-state index in [4.69, 9.17) is 9.47 Å². The summed E-state index contributed by atoms with van der Waals surface area (Å²) in [4.78, 5) is 20.8. The molecule has 18 heavy (non-hydrogen) atoms. The second-order valence-electron chi connectivity index (χ2n) is 3.39. The van der Waals surface area contributed by atoms with Crippen LogP contribution < -0.4 is 4.74 Å². The molecular formula is C12H13NO5. The van der Waals surface area contributed by atoms with Crippen LogP contribution in [0.2, 0.25) is 0 Å². The summed E-state index contributed by atoms with van der Waals surface area (Å²) in [5, 5.41) is 10.1. The van der Waals surface area contributed by atoms with E-state index in [2.05, 4.69) is 0 Å². The molecule has 6 heteroatoms. The van der Waals surface area contributed by atoms with E-state index in [-0.39, 0.29) is 12.4 Å². The lowest BCUT2D eigenvalue weighted by atomic mass is 10.2. The second kappa shape index (κ2) is 7.18. The highest BCUT2D eigenvalue weighted by Crippen LogP contribution is 2.13. The fraction of sp³-hybridized carbons (Fsp3) is 0.250. The van der Waals surface area contributed by atoms with Crippen molar-refractivity contribution in [3.63, 3.8) is 0 Å². The van der Waals surface area contributed by atoms with Crippen molar-refractivity contribution < 1.29 is 19.2 Å². The van der Waals surface area contributed by atoms with Gasteiger partial charge in [-0.1, -0.05) is 12.1 Å². The van der Waals surface area contributed by atoms with Crippen molar-refractivity contribution in [2.45, 2.75) is 6.42 Å². The smallest absolute Gasteiger partial charge is 0.313 e. The van der Waals surface area contributed by atoms with E-state index in [0.717, 1.165) is 6.20 Å². The SMILES string of the molecule is COCCC(=O)Oc1ccc(C=C[N+](=O)[O-])cc1. The summed E-state index contributed by atoms with van der Waals surface area (Å²) >= 11 is 0. The number of nitrogens with zero attached hydrogens (tertiary/aromatic N) is 1. The average Bonchev–Trinajstić information content (AvgIpc) is 2.35. The Bertz CT molecular complexity index is 438. The van der Waals surface area contributed by atoms with Gasteiger partial charge in [0.1, 0.15) is 5.75 Å². The van der Waals surface area contributed by atoms with Crippen LogP contribution in [0.15, 0.2) is 30.5 Å². The Morgan fingerprint density at radius 3 is 2.61 bits per heavy atom. The van der Waals surface area contributed by atoms with Crippen molar-refractivity contribution in [3.05, 3.63) is 46.1 Å². The van der Waals surface area contributed by atoms with Crippen LogP contribution in [-0.4, -0.2) is 24.6 Å². The van der Waals surface area contributed by atoms with Crippen molar-refractivity contribution >= 4 is 12.0 Å². The largest absolute Gasteiger partial charge is 0.426 e. The van der Waals surface area contributed by atoms with Gasteiger partial charge in [-0.15, -0.1) is 0 Å². The maximum absolute atomic E-state index is 11.3. The molecule has 0 bridgehead atoms. The molecule has 0 unspecified atom stereocenters. The molecule has 1 aromatic rings. The van der Waals surface area contributed by atoms with Gasteiger partial charge in [0, 0.05) is 13.2 Å². The van der Waals surface area contributed by atoms with Crippen LogP contribution in [0, 0.1) is 10.1 Å². The van der Waals surface area contributed by atoms with Crippen LogP contribution in [0.1, 0.15) is 12.0 Å². The van der Waals surface area contributed by atoms with Crippen LogP contribution in [0.4, 0.5) is 0 Å². The molecule has 6 nitrogen and oxygen atoms in total. The number of hydrogen-bond donors (Lipinski definition) is 0. The van der Waals surface area contributed by atoms with E-state index in [1.54, 1.807) is 24.3 Å². The molecule has 0 saturated heterocycles. The molecule has 0 heterocycles. The maximum Gasteiger partial charge on any atom is 0.313 e. The highest BCUT2D eigenvalue weighted by Gasteiger charge is 2.03. The Morgan fingerprint density at radius 1 is 1.39 bits per heavy atom. The third-order valence-corrected chi connectivity index (χ3v) is 2.01. The number of esters is 1. The third kappa shape index (κ3) is 5.22. The van der Waals surface area contributed by atoms with Gasteiger partial charge >= 0.3 is 5.97 Å². The highest BCUT2D eigenvalue weighted by molar-refractivity contribution is 5.72. The van der Waals surface area contributed by atoms with Gasteiger partial charge in [0.15, 0.2) is 0 Å². The Balaban J connectivity index is 2.55. The Hall–Kier alpha value is -2.21. The number of carbonyl (C=O) groups excluding carboxylic acids is 1. The monoisotopic (exact) mass is 251 g/mol. The molecule has 1 rings (SSSR count). The molecule has 0 spiro atoms. The zero-order chi connectivity index (χ0) is 13.4. The predicted molar refractivity (Wildman–Crippen MR) is 64.6 cm³/mol. The first-order valence-corrected chi connectivity index (χ1v) is 5.23. The zero-order valence-electron chi connectivity index (χ0n) is 9.87. The molecule has 96 valence electrons. The molecule has 0 saturated carbocycles. The summed E-state index contributed by atoms with van der Waals surface area (Å²) in [6.45, 7) is 0.308. The maximum atomic E-state index is 11.3. The molecular weight excluding hydrogens is 238 g/mol. The molecule has 0 amide bonds. The summed E-state index contributed by atoms with van der Waals surface area (Å²) < 4.78 is 9.77. The summed E-state index contributed by atoms with van der Waals surface area (Å²) in [6, 6.07) is 6.40. The quantitative estimate of drug-likeness (QED) is 0.334. The number of carbonyl (C=O) groups is 1. The first kappa shape index (κ1) is 13.9. The van der Waals surface area contributed by atoms with E-state index < -0.39 is 4.92 Å². The summed E-state index contributed by atoms with van der Waals surface area (Å²) in [5.74, 6) is 0.0137. The standard InChI is InChI=1S/C12H13NO5/c1-17-9-7-12(14)18-11-4-2-10(3-5-11)6-8-13(15)16/h2-6,8H,7,9H2,1H3. The molecule has 0 aromatic heterocycles. The van der Waals surface area contributed by atoms with E-state index >= 15 is 0 Å². The van der Waals surface area contributed by atoms with E-state index in [9.17, 15) is 14.9 Å². The van der Waals surface area contributed by atoms with Gasteiger partial charge in [-0.05, 0) is 17.7 Å². The Labute approximate surface area is 104 Å². The second-order valence-corrected chi connectivity index (χ2v) is 3.39. The third-order valence-electron chi connectivity index (χ3n) is 2.01. The number of hydrogen-bond acceptors (Lipinski definition) is 5. The zero-order valence-corrected chi connectivity index (χ0v) is 9.87. The van der Waals surface area contributed by atoms with Crippen molar-refractivity contribution in [1.82, 2.24) is 0 Å². The lowest BCUT2D eigenvalue weighted by molar-refractivity contribution is -0.400. The molecule has 1 aromatic carbocycles. The van der Waals surface area contributed by atoms with Gasteiger partial charge in [0.25, 0.3) is 0 Å². The van der Waals surface area contributed by atoms with Crippen LogP contribution in [0.3, 0.4) is 0 Å². The van der Waals surface area contributed by atoms with Gasteiger partial charge in [0.05, 0.1) is 18.0 Å². The number of nitro groups is 1. The lowest BCUT2D eigenvalue weighted by Gasteiger charge is -2.03. The molecule has 0 aliphatic heterocycles. The van der Waals surface area contributed by atoms with Gasteiger partial charge in [0.2, 0.25) is 6.20 Å². The average molecular weight is 251 g/mol. The topological polar surface area (TPSA) is 78.7 Å². The van der Waals surface area contributed by atoms with Crippen LogP contribution in [-0.2, 0) is 9.53 Å². The summed E-state index contributed by atoms with van der Waals surface area (Å²) in [5.41, 5.74) is 0.656. The molecule has 0 N–H and O–H groups in total. The Morgan fingerprint density at radius 2 is 2.06 bits per heavy atom. The first-order valence-electron chi connectivity index (χ1n) is 5.23. The summed E-state index contributed by atoms with van der Waals surface area (Å²) in [7, 11) is 1.50. The molecule has 0 radical (unpaired) electrons. The number of rotatable bonds is 6. The van der Waals surface area contributed by atoms with Gasteiger partial charge < -0.3 is 9.47 Å². The number of methoxy groups -OCH3 is 1. The minimum atomic E-state index is -0.543. The van der Waals surface area contributed by atoms with Gasteiger partial charge in [-0.3, -0.25) is 14.9 Å². The first-order chi connectivity index (χ1) is 8.61. The number of benzene rings is 1. The van der Waals surface area contributed by atoms with Crippen LogP contribution >= 0.6 is 0 Å². The Kier molecular flexibility index (Phi) is 5.53. The molecule has 0 fully saturated rings. The molecule has 0 aliphatic rings. The number of ether oxygens (including phenoxy) is 2. The van der Waals surface area contributed by atoms with E-state index in [0.29, 0.717) is 17.9 Å².